The highest BCUT2D eigenvalue weighted by Gasteiger charge is 2.28. The lowest BCUT2D eigenvalue weighted by molar-refractivity contribution is 0.102. The van der Waals surface area contributed by atoms with Crippen LogP contribution in [-0.4, -0.2) is 40.1 Å². The van der Waals surface area contributed by atoms with E-state index >= 15 is 0 Å². The SMILES string of the molecule is Cc1ccc(C)c(NC(=O)N2CCCC(c3nnc(C(=O)Nc4ccc(Cl)cc4)s3)C2)c1. The summed E-state index contributed by atoms with van der Waals surface area (Å²) >= 11 is 7.16. The van der Waals surface area contributed by atoms with E-state index in [0.29, 0.717) is 28.8 Å². The number of rotatable bonds is 4. The number of aryl methyl sites for hydroxylation is 2. The molecule has 1 fully saturated rings. The van der Waals surface area contributed by atoms with Gasteiger partial charge in [0.1, 0.15) is 5.01 Å². The van der Waals surface area contributed by atoms with Gasteiger partial charge in [-0.2, -0.15) is 0 Å². The molecule has 0 radical (unpaired) electrons. The van der Waals surface area contributed by atoms with Crippen LogP contribution < -0.4 is 10.6 Å². The Morgan fingerprint density at radius 1 is 1.09 bits per heavy atom. The van der Waals surface area contributed by atoms with Gasteiger partial charge in [0.05, 0.1) is 0 Å². The summed E-state index contributed by atoms with van der Waals surface area (Å²) in [5.74, 6) is -0.251. The van der Waals surface area contributed by atoms with E-state index < -0.39 is 0 Å². The van der Waals surface area contributed by atoms with Crippen molar-refractivity contribution in [3.63, 3.8) is 0 Å². The van der Waals surface area contributed by atoms with Gasteiger partial charge >= 0.3 is 6.03 Å². The van der Waals surface area contributed by atoms with Gasteiger partial charge < -0.3 is 15.5 Å². The zero-order chi connectivity index (χ0) is 22.7. The average Bonchev–Trinajstić information content (AvgIpc) is 3.28. The highest BCUT2D eigenvalue weighted by Crippen LogP contribution is 2.30. The first-order valence-electron chi connectivity index (χ1n) is 10.4. The van der Waals surface area contributed by atoms with Gasteiger partial charge in [0.15, 0.2) is 0 Å². The Labute approximate surface area is 195 Å². The number of carbonyl (C=O) groups excluding carboxylic acids is 2. The van der Waals surface area contributed by atoms with E-state index in [1.807, 2.05) is 36.9 Å². The van der Waals surface area contributed by atoms with Gasteiger partial charge in [-0.3, -0.25) is 4.79 Å². The van der Waals surface area contributed by atoms with Crippen LogP contribution in [0.1, 0.15) is 44.7 Å². The van der Waals surface area contributed by atoms with E-state index in [1.165, 1.54) is 11.3 Å². The van der Waals surface area contributed by atoms with Crippen molar-refractivity contribution in [2.75, 3.05) is 23.7 Å². The number of urea groups is 1. The summed E-state index contributed by atoms with van der Waals surface area (Å²) in [4.78, 5) is 27.2. The fourth-order valence-electron chi connectivity index (χ4n) is 3.64. The number of amides is 3. The number of nitrogens with zero attached hydrogens (tertiary/aromatic N) is 3. The molecule has 2 aromatic carbocycles. The molecule has 1 saturated heterocycles. The van der Waals surface area contributed by atoms with Gasteiger partial charge in [-0.25, -0.2) is 4.79 Å². The maximum Gasteiger partial charge on any atom is 0.321 e. The molecular formula is C23H24ClN5O2S. The van der Waals surface area contributed by atoms with E-state index in [4.69, 9.17) is 11.6 Å². The molecule has 1 aromatic heterocycles. The smallest absolute Gasteiger partial charge is 0.321 e. The first kappa shape index (κ1) is 22.2. The summed E-state index contributed by atoms with van der Waals surface area (Å²) < 4.78 is 0. The van der Waals surface area contributed by atoms with Crippen molar-refractivity contribution < 1.29 is 9.59 Å². The number of likely N-dealkylation sites (tertiary alicyclic amines) is 1. The molecule has 2 heterocycles. The summed E-state index contributed by atoms with van der Waals surface area (Å²) in [5, 5.41) is 15.8. The standard InChI is InChI=1S/C23H24ClN5O2S/c1-14-5-6-15(2)19(12-14)26-23(31)29-11-3-4-16(13-29)21-27-28-22(32-21)20(30)25-18-9-7-17(24)8-10-18/h5-10,12,16H,3-4,11,13H2,1-2H3,(H,25,30)(H,26,31). The second-order valence-corrected chi connectivity index (χ2v) is 9.39. The monoisotopic (exact) mass is 469 g/mol. The molecule has 0 bridgehead atoms. The number of carbonyl (C=O) groups is 2. The molecule has 3 amide bonds. The first-order valence-corrected chi connectivity index (χ1v) is 11.6. The predicted molar refractivity (Wildman–Crippen MR) is 128 cm³/mol. The van der Waals surface area contributed by atoms with E-state index in [1.54, 1.807) is 24.3 Å². The zero-order valence-electron chi connectivity index (χ0n) is 17.9. The lowest BCUT2D eigenvalue weighted by Gasteiger charge is -2.31. The number of aromatic nitrogens is 2. The Hall–Kier alpha value is -2.97. The Morgan fingerprint density at radius 3 is 2.66 bits per heavy atom. The van der Waals surface area contributed by atoms with Crippen molar-refractivity contribution in [1.29, 1.82) is 0 Å². The van der Waals surface area contributed by atoms with E-state index in [-0.39, 0.29) is 17.9 Å². The minimum Gasteiger partial charge on any atom is -0.324 e. The van der Waals surface area contributed by atoms with Gasteiger partial charge in [0, 0.05) is 35.4 Å². The lowest BCUT2D eigenvalue weighted by atomic mass is 9.99. The van der Waals surface area contributed by atoms with Crippen LogP contribution in [0.4, 0.5) is 16.2 Å². The Kier molecular flexibility index (Phi) is 6.72. The molecule has 0 aliphatic carbocycles. The molecule has 0 spiro atoms. The van der Waals surface area contributed by atoms with Crippen LogP contribution >= 0.6 is 22.9 Å². The summed E-state index contributed by atoms with van der Waals surface area (Å²) in [5.41, 5.74) is 3.59. The van der Waals surface area contributed by atoms with Crippen LogP contribution in [0, 0.1) is 13.8 Å². The van der Waals surface area contributed by atoms with Crippen LogP contribution in [-0.2, 0) is 0 Å². The number of hydrogen-bond acceptors (Lipinski definition) is 5. The third kappa shape index (κ3) is 5.26. The molecule has 4 rings (SSSR count). The van der Waals surface area contributed by atoms with Gasteiger partial charge in [0.2, 0.25) is 5.01 Å². The lowest BCUT2D eigenvalue weighted by Crippen LogP contribution is -2.41. The largest absolute Gasteiger partial charge is 0.324 e. The van der Waals surface area contributed by atoms with Crippen molar-refractivity contribution in [1.82, 2.24) is 15.1 Å². The molecule has 1 atom stereocenters. The number of benzene rings is 2. The molecule has 1 aliphatic rings. The Balaban J connectivity index is 1.39. The van der Waals surface area contributed by atoms with Crippen molar-refractivity contribution in [2.24, 2.45) is 0 Å². The molecular weight excluding hydrogens is 446 g/mol. The van der Waals surface area contributed by atoms with Crippen molar-refractivity contribution >= 4 is 46.3 Å². The van der Waals surface area contributed by atoms with Gasteiger partial charge in [0.25, 0.3) is 5.91 Å². The van der Waals surface area contributed by atoms with Gasteiger partial charge in [-0.1, -0.05) is 35.1 Å². The van der Waals surface area contributed by atoms with E-state index in [9.17, 15) is 9.59 Å². The molecule has 32 heavy (non-hydrogen) atoms. The maximum absolute atomic E-state index is 12.9. The van der Waals surface area contributed by atoms with Crippen molar-refractivity contribution in [2.45, 2.75) is 32.6 Å². The van der Waals surface area contributed by atoms with Crippen molar-refractivity contribution in [3.8, 4) is 0 Å². The van der Waals surface area contributed by atoms with Crippen LogP contribution in [0.3, 0.4) is 0 Å². The Morgan fingerprint density at radius 2 is 1.88 bits per heavy atom. The van der Waals surface area contributed by atoms with Crippen LogP contribution in [0.25, 0.3) is 0 Å². The number of nitrogens with one attached hydrogen (secondary N) is 2. The molecule has 1 unspecified atom stereocenters. The highest BCUT2D eigenvalue weighted by molar-refractivity contribution is 7.13. The molecule has 3 aromatic rings. The number of halogens is 1. The molecule has 2 N–H and O–H groups in total. The molecule has 166 valence electrons. The third-order valence-corrected chi connectivity index (χ3v) is 6.77. The minimum atomic E-state index is -0.309. The molecule has 0 saturated carbocycles. The van der Waals surface area contributed by atoms with Crippen LogP contribution in [0.5, 0.6) is 0 Å². The first-order chi connectivity index (χ1) is 15.4. The van der Waals surface area contributed by atoms with Gasteiger partial charge in [-0.15, -0.1) is 10.2 Å². The minimum absolute atomic E-state index is 0.0580. The fraction of sp³-hybridized carbons (Fsp3) is 0.304. The van der Waals surface area contributed by atoms with E-state index in [0.717, 1.165) is 34.7 Å². The zero-order valence-corrected chi connectivity index (χ0v) is 19.5. The van der Waals surface area contributed by atoms with Gasteiger partial charge in [-0.05, 0) is 68.1 Å². The molecule has 1 aliphatic heterocycles. The summed E-state index contributed by atoms with van der Waals surface area (Å²) in [6.45, 7) is 5.22. The second-order valence-electron chi connectivity index (χ2n) is 7.94. The number of piperidine rings is 1. The number of anilines is 2. The highest BCUT2D eigenvalue weighted by atomic mass is 35.5. The number of hydrogen-bond donors (Lipinski definition) is 2. The Bertz CT molecular complexity index is 1130. The van der Waals surface area contributed by atoms with Crippen LogP contribution in [0.15, 0.2) is 42.5 Å². The second kappa shape index (κ2) is 9.67. The average molecular weight is 470 g/mol. The van der Waals surface area contributed by atoms with Crippen LogP contribution in [0.2, 0.25) is 5.02 Å². The molecule has 7 nitrogen and oxygen atoms in total. The maximum atomic E-state index is 12.9. The van der Waals surface area contributed by atoms with Crippen molar-refractivity contribution in [3.05, 3.63) is 68.6 Å². The topological polar surface area (TPSA) is 87.2 Å². The summed E-state index contributed by atoms with van der Waals surface area (Å²) in [6, 6.07) is 12.8. The van der Waals surface area contributed by atoms with E-state index in [2.05, 4.69) is 20.8 Å². The normalized spacial score (nSPS) is 16.0. The quantitative estimate of drug-likeness (QED) is 0.530. The summed E-state index contributed by atoms with van der Waals surface area (Å²) in [7, 11) is 0. The predicted octanol–water partition coefficient (Wildman–Crippen LogP) is 5.47. The third-order valence-electron chi connectivity index (χ3n) is 5.43. The molecule has 9 heteroatoms. The summed E-state index contributed by atoms with van der Waals surface area (Å²) in [6.07, 6.45) is 1.78. The fourth-order valence-corrected chi connectivity index (χ4v) is 4.63.